The van der Waals surface area contributed by atoms with Crippen molar-refractivity contribution in [3.8, 4) is 0 Å². The lowest BCUT2D eigenvalue weighted by molar-refractivity contribution is 0.586. The first-order valence-electron chi connectivity index (χ1n) is 7.10. The van der Waals surface area contributed by atoms with Crippen molar-refractivity contribution in [1.29, 1.82) is 0 Å². The maximum absolute atomic E-state index is 13.7. The van der Waals surface area contributed by atoms with E-state index in [0.717, 1.165) is 12.1 Å². The second-order valence-electron chi connectivity index (χ2n) is 5.07. The minimum absolute atomic E-state index is 0.0886. The number of para-hydroxylation sites is 1. The Hall–Kier alpha value is -2.73. The Bertz CT molecular complexity index is 886. The zero-order valence-electron chi connectivity index (χ0n) is 12.6. The van der Waals surface area contributed by atoms with Gasteiger partial charge in [-0.3, -0.25) is 0 Å². The highest BCUT2D eigenvalue weighted by Crippen LogP contribution is 2.25. The molecule has 0 amide bonds. The molecule has 0 spiro atoms. The minimum Gasteiger partial charge on any atom is -0.339 e. The molecule has 0 bridgehead atoms. The van der Waals surface area contributed by atoms with Crippen molar-refractivity contribution < 1.29 is 8.78 Å². The summed E-state index contributed by atoms with van der Waals surface area (Å²) in [6.07, 6.45) is 0. The summed E-state index contributed by atoms with van der Waals surface area (Å²) >= 11 is 6.11. The summed E-state index contributed by atoms with van der Waals surface area (Å²) in [5, 5.41) is 6.38. The Morgan fingerprint density at radius 1 is 0.917 bits per heavy atom. The molecule has 3 rings (SSSR count). The summed E-state index contributed by atoms with van der Waals surface area (Å²) in [7, 11) is 0. The molecule has 3 aromatic rings. The molecule has 24 heavy (non-hydrogen) atoms. The van der Waals surface area contributed by atoms with Gasteiger partial charge in [0, 0.05) is 17.8 Å². The molecular weight excluding hydrogens is 334 g/mol. The molecule has 0 aliphatic carbocycles. The summed E-state index contributed by atoms with van der Waals surface area (Å²) in [6, 6.07) is 12.2. The van der Waals surface area contributed by atoms with Crippen LogP contribution in [0.2, 0.25) is 5.02 Å². The van der Waals surface area contributed by atoms with Gasteiger partial charge < -0.3 is 10.6 Å². The number of aryl methyl sites for hydroxylation is 1. The average molecular weight is 347 g/mol. The van der Waals surface area contributed by atoms with Gasteiger partial charge in [-0.15, -0.1) is 0 Å². The van der Waals surface area contributed by atoms with E-state index in [9.17, 15) is 8.78 Å². The van der Waals surface area contributed by atoms with E-state index < -0.39 is 11.6 Å². The lowest BCUT2D eigenvalue weighted by Crippen LogP contribution is -2.03. The van der Waals surface area contributed by atoms with Crippen molar-refractivity contribution in [2.75, 3.05) is 10.6 Å². The molecule has 2 N–H and O–H groups in total. The number of aromatic nitrogens is 2. The fraction of sp³-hybridized carbons (Fsp3) is 0.0588. The van der Waals surface area contributed by atoms with Crippen LogP contribution in [0.25, 0.3) is 0 Å². The van der Waals surface area contributed by atoms with Crippen molar-refractivity contribution in [3.63, 3.8) is 0 Å². The number of anilines is 4. The van der Waals surface area contributed by atoms with E-state index in [-0.39, 0.29) is 11.6 Å². The minimum atomic E-state index is -0.722. The van der Waals surface area contributed by atoms with E-state index >= 15 is 0 Å². The zero-order chi connectivity index (χ0) is 17.1. The average Bonchev–Trinajstić information content (AvgIpc) is 2.52. The first-order chi connectivity index (χ1) is 11.5. The van der Waals surface area contributed by atoms with Gasteiger partial charge in [0.1, 0.15) is 17.5 Å². The van der Waals surface area contributed by atoms with Gasteiger partial charge in [-0.1, -0.05) is 23.7 Å². The van der Waals surface area contributed by atoms with Gasteiger partial charge in [0.05, 0.1) is 16.4 Å². The summed E-state index contributed by atoms with van der Waals surface area (Å²) in [5.74, 6) is -0.680. The summed E-state index contributed by atoms with van der Waals surface area (Å²) in [4.78, 5) is 8.48. The molecule has 0 radical (unpaired) electrons. The molecule has 0 aliphatic rings. The van der Waals surface area contributed by atoms with Crippen LogP contribution >= 0.6 is 11.6 Å². The van der Waals surface area contributed by atoms with E-state index in [1.807, 2.05) is 18.2 Å². The Morgan fingerprint density at radius 2 is 1.71 bits per heavy atom. The summed E-state index contributed by atoms with van der Waals surface area (Å²) in [5.41, 5.74) is 1.45. The van der Waals surface area contributed by atoms with Gasteiger partial charge in [0.25, 0.3) is 0 Å². The number of halogens is 3. The third-order valence-corrected chi connectivity index (χ3v) is 3.50. The van der Waals surface area contributed by atoms with Gasteiger partial charge >= 0.3 is 0 Å². The van der Waals surface area contributed by atoms with E-state index in [0.29, 0.717) is 22.2 Å². The van der Waals surface area contributed by atoms with Crippen LogP contribution in [-0.2, 0) is 0 Å². The normalized spacial score (nSPS) is 10.5. The quantitative estimate of drug-likeness (QED) is 0.681. The SMILES string of the molecule is Cc1cc(Nc2ccccc2Cl)nc(Nc2ccc(F)cc2F)n1. The molecule has 0 atom stereocenters. The maximum Gasteiger partial charge on any atom is 0.229 e. The predicted octanol–water partition coefficient (Wildman–Crippen LogP) is 5.20. The fourth-order valence-corrected chi connectivity index (χ4v) is 2.28. The molecule has 0 saturated heterocycles. The lowest BCUT2D eigenvalue weighted by Gasteiger charge is -2.11. The molecule has 1 aromatic heterocycles. The first kappa shape index (κ1) is 16.1. The predicted molar refractivity (Wildman–Crippen MR) is 91.1 cm³/mol. The molecule has 7 heteroatoms. The first-order valence-corrected chi connectivity index (χ1v) is 7.48. The Balaban J connectivity index is 1.87. The number of benzene rings is 2. The highest BCUT2D eigenvalue weighted by Gasteiger charge is 2.08. The van der Waals surface area contributed by atoms with Crippen LogP contribution in [-0.4, -0.2) is 9.97 Å². The van der Waals surface area contributed by atoms with Crippen LogP contribution in [0, 0.1) is 18.6 Å². The Kier molecular flexibility index (Phi) is 4.57. The lowest BCUT2D eigenvalue weighted by atomic mass is 10.3. The van der Waals surface area contributed by atoms with Crippen molar-refractivity contribution in [2.45, 2.75) is 6.92 Å². The van der Waals surface area contributed by atoms with Crippen LogP contribution in [0.15, 0.2) is 48.5 Å². The molecule has 2 aromatic carbocycles. The van der Waals surface area contributed by atoms with Crippen LogP contribution in [0.5, 0.6) is 0 Å². The fourth-order valence-electron chi connectivity index (χ4n) is 2.10. The third-order valence-electron chi connectivity index (χ3n) is 3.17. The molecule has 1 heterocycles. The molecule has 0 unspecified atom stereocenters. The maximum atomic E-state index is 13.7. The summed E-state index contributed by atoms with van der Waals surface area (Å²) < 4.78 is 26.7. The van der Waals surface area contributed by atoms with Crippen LogP contribution in [0.4, 0.5) is 31.9 Å². The smallest absolute Gasteiger partial charge is 0.229 e. The number of nitrogens with one attached hydrogen (secondary N) is 2. The van der Waals surface area contributed by atoms with E-state index in [2.05, 4.69) is 20.6 Å². The number of hydrogen-bond acceptors (Lipinski definition) is 4. The van der Waals surface area contributed by atoms with Gasteiger partial charge in [-0.25, -0.2) is 13.8 Å². The van der Waals surface area contributed by atoms with E-state index in [1.54, 1.807) is 19.1 Å². The van der Waals surface area contributed by atoms with Crippen LogP contribution in [0.3, 0.4) is 0 Å². The Labute approximate surface area is 142 Å². The van der Waals surface area contributed by atoms with Gasteiger partial charge in [0.2, 0.25) is 5.95 Å². The molecular formula is C17H13ClF2N4. The van der Waals surface area contributed by atoms with Gasteiger partial charge in [-0.2, -0.15) is 4.98 Å². The highest BCUT2D eigenvalue weighted by atomic mass is 35.5. The summed E-state index contributed by atoms with van der Waals surface area (Å²) in [6.45, 7) is 1.78. The van der Waals surface area contributed by atoms with Crippen molar-refractivity contribution >= 4 is 34.7 Å². The largest absolute Gasteiger partial charge is 0.339 e. The number of rotatable bonds is 4. The van der Waals surface area contributed by atoms with Crippen LogP contribution in [0.1, 0.15) is 5.69 Å². The topological polar surface area (TPSA) is 49.8 Å². The van der Waals surface area contributed by atoms with E-state index in [1.165, 1.54) is 6.07 Å². The number of hydrogen-bond donors (Lipinski definition) is 2. The standard InChI is InChI=1S/C17H13ClF2N4/c1-10-8-16(22-14-5-3-2-4-12(14)18)24-17(21-10)23-15-7-6-11(19)9-13(15)20/h2-9H,1H3,(H2,21,22,23,24). The van der Waals surface area contributed by atoms with Crippen molar-refractivity contribution in [3.05, 3.63) is 70.9 Å². The molecule has 122 valence electrons. The molecule has 0 aliphatic heterocycles. The second-order valence-corrected chi connectivity index (χ2v) is 5.48. The van der Waals surface area contributed by atoms with E-state index in [4.69, 9.17) is 11.6 Å². The zero-order valence-corrected chi connectivity index (χ0v) is 13.4. The highest BCUT2D eigenvalue weighted by molar-refractivity contribution is 6.33. The monoisotopic (exact) mass is 346 g/mol. The number of nitrogens with zero attached hydrogens (tertiary/aromatic N) is 2. The Morgan fingerprint density at radius 3 is 2.46 bits per heavy atom. The van der Waals surface area contributed by atoms with Crippen molar-refractivity contribution in [1.82, 2.24) is 9.97 Å². The second kappa shape index (κ2) is 6.80. The van der Waals surface area contributed by atoms with Gasteiger partial charge in [0.15, 0.2) is 0 Å². The van der Waals surface area contributed by atoms with Gasteiger partial charge in [-0.05, 0) is 31.2 Å². The van der Waals surface area contributed by atoms with Crippen molar-refractivity contribution in [2.24, 2.45) is 0 Å². The van der Waals surface area contributed by atoms with Crippen LogP contribution < -0.4 is 10.6 Å². The molecule has 0 fully saturated rings. The molecule has 4 nitrogen and oxygen atoms in total. The molecule has 0 saturated carbocycles. The third kappa shape index (κ3) is 3.78.